The average Bonchev–Trinajstić information content (AvgIpc) is 3.14. The van der Waals surface area contributed by atoms with Gasteiger partial charge in [0.15, 0.2) is 18.0 Å². The predicted molar refractivity (Wildman–Crippen MR) is 135 cm³/mol. The zero-order valence-corrected chi connectivity index (χ0v) is 22.7. The minimum absolute atomic E-state index is 0.0463. The molecule has 0 bridgehead atoms. The Morgan fingerprint density at radius 2 is 1.92 bits per heavy atom. The number of hydrogen-bond acceptors (Lipinski definition) is 8. The molecular weight excluding hydrogens is 495 g/mol. The summed E-state index contributed by atoms with van der Waals surface area (Å²) >= 11 is 0. The Kier molecular flexibility index (Phi) is 7.90. The molecule has 0 aromatic carbocycles. The van der Waals surface area contributed by atoms with Gasteiger partial charge in [-0.25, -0.2) is 9.18 Å². The highest BCUT2D eigenvalue weighted by molar-refractivity contribution is 6.01. The highest BCUT2D eigenvalue weighted by atomic mass is 19.1. The van der Waals surface area contributed by atoms with E-state index in [2.05, 4.69) is 0 Å². The van der Waals surface area contributed by atoms with E-state index in [0.29, 0.717) is 18.4 Å². The highest BCUT2D eigenvalue weighted by Crippen LogP contribution is 2.68. The van der Waals surface area contributed by atoms with Crippen molar-refractivity contribution in [3.05, 3.63) is 23.8 Å². The van der Waals surface area contributed by atoms with Gasteiger partial charge in [0.2, 0.25) is 5.78 Å². The lowest BCUT2D eigenvalue weighted by Crippen LogP contribution is -2.64. The molecule has 4 rings (SSSR count). The molecule has 0 amide bonds. The SMILES string of the molecule is CCCCC(=O)OCC(=O)[C@@]1(OC(=O)OCC)CC[C@H]2[C@@H]3C[C@H](F)C4=CC(=O)C=C[C@]4(C)[C@H]3C(O)C[C@@]21C. The smallest absolute Gasteiger partial charge is 0.457 e. The van der Waals surface area contributed by atoms with Crippen LogP contribution in [0.1, 0.15) is 72.6 Å². The van der Waals surface area contributed by atoms with Crippen LogP contribution in [0, 0.1) is 28.6 Å². The van der Waals surface area contributed by atoms with Crippen molar-refractivity contribution in [3.63, 3.8) is 0 Å². The third-order valence-corrected chi connectivity index (χ3v) is 9.67. The molecule has 3 fully saturated rings. The topological polar surface area (TPSA) is 116 Å². The largest absolute Gasteiger partial charge is 0.509 e. The fraction of sp³-hybridized carbons (Fsp3) is 0.724. The maximum Gasteiger partial charge on any atom is 0.509 e. The molecule has 0 spiro atoms. The first kappa shape index (κ1) is 28.5. The monoisotopic (exact) mass is 534 g/mol. The van der Waals surface area contributed by atoms with Crippen LogP contribution in [0.5, 0.6) is 0 Å². The first-order chi connectivity index (χ1) is 17.9. The molecule has 38 heavy (non-hydrogen) atoms. The van der Waals surface area contributed by atoms with E-state index in [4.69, 9.17) is 14.2 Å². The van der Waals surface area contributed by atoms with Crippen molar-refractivity contribution in [2.75, 3.05) is 13.2 Å². The number of rotatable bonds is 8. The van der Waals surface area contributed by atoms with Crippen LogP contribution in [-0.2, 0) is 28.6 Å². The summed E-state index contributed by atoms with van der Waals surface area (Å²) in [6.45, 7) is 6.71. The second-order valence-corrected chi connectivity index (χ2v) is 11.6. The lowest BCUT2D eigenvalue weighted by molar-refractivity contribution is -0.187. The van der Waals surface area contributed by atoms with Crippen LogP contribution < -0.4 is 0 Å². The molecule has 0 aromatic heterocycles. The summed E-state index contributed by atoms with van der Waals surface area (Å²) in [5.41, 5.74) is -3.19. The van der Waals surface area contributed by atoms with Gasteiger partial charge in [0.1, 0.15) is 6.17 Å². The van der Waals surface area contributed by atoms with Crippen LogP contribution in [-0.4, -0.2) is 59.9 Å². The number of Topliss-reactive ketones (excluding diaryl/α,β-unsaturated/α-hetero) is 1. The number of allylic oxidation sites excluding steroid dienone is 4. The quantitative estimate of drug-likeness (QED) is 0.455. The Morgan fingerprint density at radius 3 is 2.61 bits per heavy atom. The molecule has 4 aliphatic carbocycles. The van der Waals surface area contributed by atoms with Gasteiger partial charge < -0.3 is 19.3 Å². The molecule has 0 aromatic rings. The molecule has 0 heterocycles. The Morgan fingerprint density at radius 1 is 1.18 bits per heavy atom. The standard InChI is InChI=1S/C29H39FO8/c1-5-7-8-24(34)37-16-23(33)29(38-26(35)36-6-2)12-10-19-18-14-21(30)20-13-17(31)9-11-27(20,3)25(18)22(32)15-28(19,29)4/h9,11,13,18-19,21-22,25,32H,5-8,10,12,14-16H2,1-4H3/t18-,19-,21-,22?,25+,27-,28-,29-/m0/s1. The van der Waals surface area contributed by atoms with E-state index >= 15 is 4.39 Å². The molecule has 4 aliphatic rings. The van der Waals surface area contributed by atoms with E-state index < -0.39 is 53.2 Å². The van der Waals surface area contributed by atoms with Crippen molar-refractivity contribution >= 4 is 23.7 Å². The van der Waals surface area contributed by atoms with Gasteiger partial charge >= 0.3 is 12.1 Å². The molecular formula is C29H39FO8. The Labute approximate surface area is 223 Å². The van der Waals surface area contributed by atoms with Gasteiger partial charge in [-0.3, -0.25) is 14.4 Å². The third kappa shape index (κ3) is 4.50. The van der Waals surface area contributed by atoms with Crippen LogP contribution in [0.15, 0.2) is 23.8 Å². The molecule has 8 atom stereocenters. The summed E-state index contributed by atoms with van der Waals surface area (Å²) in [5, 5.41) is 11.6. The van der Waals surface area contributed by atoms with Crippen LogP contribution in [0.4, 0.5) is 9.18 Å². The van der Waals surface area contributed by atoms with Crippen molar-refractivity contribution in [2.24, 2.45) is 28.6 Å². The van der Waals surface area contributed by atoms with Crippen LogP contribution in [0.3, 0.4) is 0 Å². The summed E-state index contributed by atoms with van der Waals surface area (Å²) in [7, 11) is 0. The summed E-state index contributed by atoms with van der Waals surface area (Å²) < 4.78 is 31.7. The van der Waals surface area contributed by atoms with Crippen molar-refractivity contribution in [1.29, 1.82) is 0 Å². The van der Waals surface area contributed by atoms with Crippen molar-refractivity contribution in [3.8, 4) is 0 Å². The van der Waals surface area contributed by atoms with Gasteiger partial charge in [0, 0.05) is 23.2 Å². The van der Waals surface area contributed by atoms with Crippen LogP contribution in [0.2, 0.25) is 0 Å². The molecule has 3 saturated carbocycles. The number of hydrogen-bond donors (Lipinski definition) is 1. The number of esters is 1. The minimum Gasteiger partial charge on any atom is -0.457 e. The van der Waals surface area contributed by atoms with Gasteiger partial charge in [-0.1, -0.05) is 33.3 Å². The first-order valence-corrected chi connectivity index (χ1v) is 13.8. The second-order valence-electron chi connectivity index (χ2n) is 11.6. The van der Waals surface area contributed by atoms with Crippen molar-refractivity contribution in [2.45, 2.75) is 90.5 Å². The summed E-state index contributed by atoms with van der Waals surface area (Å²) in [4.78, 5) is 50.6. The number of carbonyl (C=O) groups is 4. The number of carbonyl (C=O) groups excluding carboxylic acids is 4. The number of fused-ring (bicyclic) bond motifs is 5. The molecule has 8 nitrogen and oxygen atoms in total. The number of unbranched alkanes of at least 4 members (excludes halogenated alkanes) is 1. The van der Waals surface area contributed by atoms with Gasteiger partial charge in [-0.15, -0.1) is 0 Å². The number of ether oxygens (including phenoxy) is 3. The van der Waals surface area contributed by atoms with Crippen molar-refractivity contribution in [1.82, 2.24) is 0 Å². The van der Waals surface area contributed by atoms with Gasteiger partial charge in [-0.05, 0) is 68.6 Å². The number of ketones is 2. The Bertz CT molecular complexity index is 1050. The van der Waals surface area contributed by atoms with Crippen LogP contribution in [0.25, 0.3) is 0 Å². The van der Waals surface area contributed by atoms with Crippen LogP contribution >= 0.6 is 0 Å². The van der Waals surface area contributed by atoms with E-state index in [1.165, 1.54) is 12.2 Å². The number of alkyl halides is 1. The first-order valence-electron chi connectivity index (χ1n) is 13.8. The maximum atomic E-state index is 15.6. The zero-order chi connectivity index (χ0) is 27.9. The van der Waals surface area contributed by atoms with E-state index in [1.807, 2.05) is 13.8 Å². The van der Waals surface area contributed by atoms with E-state index in [0.717, 1.165) is 6.42 Å². The summed E-state index contributed by atoms with van der Waals surface area (Å²) in [6, 6.07) is 0. The Hall–Kier alpha value is -2.55. The minimum atomic E-state index is -1.69. The van der Waals surface area contributed by atoms with E-state index in [9.17, 15) is 24.3 Å². The molecule has 0 aliphatic heterocycles. The fourth-order valence-corrected chi connectivity index (χ4v) is 7.95. The third-order valence-electron chi connectivity index (χ3n) is 9.67. The van der Waals surface area contributed by atoms with Gasteiger partial charge in [0.25, 0.3) is 0 Å². The summed E-state index contributed by atoms with van der Waals surface area (Å²) in [6.07, 6.45) is 3.59. The molecule has 210 valence electrons. The highest BCUT2D eigenvalue weighted by Gasteiger charge is 2.71. The van der Waals surface area contributed by atoms with Gasteiger partial charge in [0.05, 0.1) is 12.7 Å². The predicted octanol–water partition coefficient (Wildman–Crippen LogP) is 4.43. The molecule has 0 radical (unpaired) electrons. The Balaban J connectivity index is 1.68. The summed E-state index contributed by atoms with van der Waals surface area (Å²) in [5.74, 6) is -2.29. The molecule has 1 N–H and O–H groups in total. The average molecular weight is 535 g/mol. The lowest BCUT2D eigenvalue weighted by Gasteiger charge is -2.60. The zero-order valence-electron chi connectivity index (χ0n) is 22.7. The van der Waals surface area contributed by atoms with E-state index in [-0.39, 0.29) is 55.8 Å². The molecule has 0 saturated heterocycles. The van der Waals surface area contributed by atoms with Crippen molar-refractivity contribution < 1.29 is 42.9 Å². The number of aliphatic hydroxyl groups is 1. The number of halogens is 1. The van der Waals surface area contributed by atoms with Gasteiger partial charge in [-0.2, -0.15) is 0 Å². The molecule has 1 unspecified atom stereocenters. The lowest BCUT2D eigenvalue weighted by atomic mass is 9.46. The second kappa shape index (κ2) is 10.5. The fourth-order valence-electron chi connectivity index (χ4n) is 7.95. The molecule has 9 heteroatoms. The number of aliphatic hydroxyl groups excluding tert-OH is 1. The maximum absolute atomic E-state index is 15.6. The van der Waals surface area contributed by atoms with E-state index in [1.54, 1.807) is 19.9 Å². The normalized spacial score (nSPS) is 39.4.